The van der Waals surface area contributed by atoms with Gasteiger partial charge in [0.1, 0.15) is 0 Å². The number of nitriles is 1. The third kappa shape index (κ3) is 4.14. The summed E-state index contributed by atoms with van der Waals surface area (Å²) in [5.74, 6) is 0. The molecule has 4 aromatic rings. The van der Waals surface area contributed by atoms with E-state index in [2.05, 4.69) is 4.72 Å². The van der Waals surface area contributed by atoms with Crippen molar-refractivity contribution in [2.24, 2.45) is 0 Å². The molecule has 154 valence electrons. The van der Waals surface area contributed by atoms with Gasteiger partial charge in [0.05, 0.1) is 15.9 Å². The lowest BCUT2D eigenvalue weighted by atomic mass is 10.0. The summed E-state index contributed by atoms with van der Waals surface area (Å²) in [6.07, 6.45) is 0.871. The molecule has 0 aliphatic carbocycles. The molecule has 0 unspecified atom stereocenters. The molecule has 31 heavy (non-hydrogen) atoms. The Bertz CT molecular complexity index is 1580. The maximum atomic E-state index is 13.1. The minimum atomic E-state index is -3.93. The van der Waals surface area contributed by atoms with Crippen LogP contribution >= 0.6 is 0 Å². The minimum absolute atomic E-state index is 0.0430. The lowest BCUT2D eigenvalue weighted by molar-refractivity contribution is 0.601. The third-order valence-electron chi connectivity index (χ3n) is 4.75. The zero-order chi connectivity index (χ0) is 22.1. The molecule has 8 heteroatoms. The topological polar surface area (TPSA) is 104 Å². The molecular weight excluding hydrogens is 432 g/mol. The Balaban J connectivity index is 1.71. The number of fused-ring (bicyclic) bond motifs is 2. The van der Waals surface area contributed by atoms with Crippen molar-refractivity contribution in [1.29, 1.82) is 5.26 Å². The van der Waals surface area contributed by atoms with Gasteiger partial charge in [-0.3, -0.25) is 4.72 Å². The zero-order valence-electron chi connectivity index (χ0n) is 16.1. The summed E-state index contributed by atoms with van der Waals surface area (Å²) in [5, 5.41) is 12.6. The van der Waals surface area contributed by atoms with E-state index in [0.29, 0.717) is 5.39 Å². The van der Waals surface area contributed by atoms with E-state index in [1.807, 2.05) is 42.5 Å². The van der Waals surface area contributed by atoms with Gasteiger partial charge in [0, 0.05) is 22.6 Å². The first kappa shape index (κ1) is 20.6. The molecule has 0 saturated heterocycles. The summed E-state index contributed by atoms with van der Waals surface area (Å²) in [5.41, 5.74) is 0.223. The van der Waals surface area contributed by atoms with Crippen molar-refractivity contribution in [2.45, 2.75) is 9.79 Å². The molecule has 0 atom stereocenters. The first-order valence-electron chi connectivity index (χ1n) is 9.16. The maximum Gasteiger partial charge on any atom is 0.262 e. The highest BCUT2D eigenvalue weighted by molar-refractivity contribution is 7.94. The first-order chi connectivity index (χ1) is 14.8. The summed E-state index contributed by atoms with van der Waals surface area (Å²) in [6, 6.07) is 23.5. The predicted octanol–water partition coefficient (Wildman–Crippen LogP) is 4.60. The van der Waals surface area contributed by atoms with Gasteiger partial charge in [-0.05, 0) is 58.6 Å². The molecule has 4 rings (SSSR count). The molecule has 6 nitrogen and oxygen atoms in total. The van der Waals surface area contributed by atoms with Gasteiger partial charge < -0.3 is 0 Å². The lowest BCUT2D eigenvalue weighted by Crippen LogP contribution is -2.13. The van der Waals surface area contributed by atoms with E-state index in [1.54, 1.807) is 12.1 Å². The van der Waals surface area contributed by atoms with Crippen molar-refractivity contribution in [3.63, 3.8) is 0 Å². The van der Waals surface area contributed by atoms with Crippen molar-refractivity contribution < 1.29 is 16.8 Å². The number of rotatable bonds is 5. The highest BCUT2D eigenvalue weighted by atomic mass is 32.2. The molecule has 0 bridgehead atoms. The lowest BCUT2D eigenvalue weighted by Gasteiger charge is -2.12. The quantitative estimate of drug-likeness (QED) is 0.355. The summed E-state index contributed by atoms with van der Waals surface area (Å²) in [4.78, 5) is 0.0861. The number of hydrogen-bond acceptors (Lipinski definition) is 5. The van der Waals surface area contributed by atoms with E-state index in [-0.39, 0.29) is 15.5 Å². The summed E-state index contributed by atoms with van der Waals surface area (Å²) in [6.45, 7) is 0. The SMILES string of the molecule is N#CC=CS(=O)(=O)c1ccc(NS(=O)(=O)c2cccc3cc4ccccc4cc23)cc1. The molecular formula is C23H16N2O4S2. The van der Waals surface area contributed by atoms with Crippen molar-refractivity contribution >= 4 is 47.1 Å². The van der Waals surface area contributed by atoms with E-state index < -0.39 is 19.9 Å². The molecule has 0 aromatic heterocycles. The maximum absolute atomic E-state index is 13.1. The van der Waals surface area contributed by atoms with Crippen LogP contribution in [0, 0.1) is 11.3 Å². The number of nitrogens with one attached hydrogen (secondary N) is 1. The molecule has 0 aliphatic heterocycles. The van der Waals surface area contributed by atoms with Crippen LogP contribution < -0.4 is 4.72 Å². The second-order valence-corrected chi connectivity index (χ2v) is 10.3. The largest absolute Gasteiger partial charge is 0.280 e. The Morgan fingerprint density at radius 1 is 0.774 bits per heavy atom. The van der Waals surface area contributed by atoms with Gasteiger partial charge in [-0.15, -0.1) is 0 Å². The van der Waals surface area contributed by atoms with Crippen LogP contribution in [0.2, 0.25) is 0 Å². The smallest absolute Gasteiger partial charge is 0.262 e. The fraction of sp³-hybridized carbons (Fsp3) is 0. The van der Waals surface area contributed by atoms with Gasteiger partial charge in [-0.1, -0.05) is 36.4 Å². The molecule has 0 spiro atoms. The van der Waals surface area contributed by atoms with Crippen LogP contribution in [0.15, 0.2) is 100 Å². The first-order valence-corrected chi connectivity index (χ1v) is 12.2. The van der Waals surface area contributed by atoms with E-state index in [4.69, 9.17) is 5.26 Å². The Hall–Kier alpha value is -3.67. The number of nitrogens with zero attached hydrogens (tertiary/aromatic N) is 1. The van der Waals surface area contributed by atoms with E-state index in [9.17, 15) is 16.8 Å². The number of anilines is 1. The van der Waals surface area contributed by atoms with Gasteiger partial charge in [0.2, 0.25) is 9.84 Å². The number of benzene rings is 4. The normalized spacial score (nSPS) is 12.2. The van der Waals surface area contributed by atoms with Crippen LogP contribution in [-0.4, -0.2) is 16.8 Å². The van der Waals surface area contributed by atoms with Crippen molar-refractivity contribution in [3.8, 4) is 6.07 Å². The molecule has 0 aliphatic rings. The number of sulfone groups is 1. The molecule has 0 heterocycles. The second kappa shape index (κ2) is 7.87. The number of hydrogen-bond donors (Lipinski definition) is 1. The summed E-state index contributed by atoms with van der Waals surface area (Å²) < 4.78 is 52.9. The molecule has 0 radical (unpaired) electrons. The summed E-state index contributed by atoms with van der Waals surface area (Å²) >= 11 is 0. The Labute approximate surface area is 180 Å². The predicted molar refractivity (Wildman–Crippen MR) is 121 cm³/mol. The molecule has 0 fully saturated rings. The highest BCUT2D eigenvalue weighted by Gasteiger charge is 2.18. The van der Waals surface area contributed by atoms with E-state index >= 15 is 0 Å². The van der Waals surface area contributed by atoms with Gasteiger partial charge >= 0.3 is 0 Å². The number of allylic oxidation sites excluding steroid dienone is 1. The van der Waals surface area contributed by atoms with E-state index in [0.717, 1.165) is 27.6 Å². The Kier molecular flexibility index (Phi) is 5.23. The Morgan fingerprint density at radius 3 is 2.10 bits per heavy atom. The van der Waals surface area contributed by atoms with Crippen LogP contribution in [0.5, 0.6) is 0 Å². The molecule has 0 saturated carbocycles. The van der Waals surface area contributed by atoms with Crippen LogP contribution in [0.4, 0.5) is 5.69 Å². The standard InChI is InChI=1S/C23H16N2O4S2/c24-13-4-14-30(26,27)21-11-9-20(10-12-21)25-31(28,29)23-8-3-7-19-15-17-5-1-2-6-18(17)16-22(19)23/h1-12,14-16,25H. The number of sulfonamides is 1. The van der Waals surface area contributed by atoms with Crippen molar-refractivity contribution in [2.75, 3.05) is 4.72 Å². The zero-order valence-corrected chi connectivity index (χ0v) is 17.7. The fourth-order valence-electron chi connectivity index (χ4n) is 3.29. The highest BCUT2D eigenvalue weighted by Crippen LogP contribution is 2.29. The van der Waals surface area contributed by atoms with Crippen LogP contribution in [0.25, 0.3) is 21.5 Å². The monoisotopic (exact) mass is 448 g/mol. The summed E-state index contributed by atoms with van der Waals surface area (Å²) in [7, 11) is -7.69. The van der Waals surface area contributed by atoms with Crippen LogP contribution in [0.3, 0.4) is 0 Å². The van der Waals surface area contributed by atoms with Crippen LogP contribution in [-0.2, 0) is 19.9 Å². The van der Waals surface area contributed by atoms with E-state index in [1.165, 1.54) is 30.3 Å². The molecule has 4 aromatic carbocycles. The third-order valence-corrected chi connectivity index (χ3v) is 7.62. The fourth-order valence-corrected chi connectivity index (χ4v) is 5.49. The minimum Gasteiger partial charge on any atom is -0.280 e. The van der Waals surface area contributed by atoms with Gasteiger partial charge in [0.15, 0.2) is 0 Å². The Morgan fingerprint density at radius 2 is 1.42 bits per heavy atom. The van der Waals surface area contributed by atoms with Crippen LogP contribution in [0.1, 0.15) is 0 Å². The average molecular weight is 449 g/mol. The van der Waals surface area contributed by atoms with Gasteiger partial charge in [-0.25, -0.2) is 16.8 Å². The molecule has 0 amide bonds. The second-order valence-electron chi connectivity index (χ2n) is 6.78. The van der Waals surface area contributed by atoms with Gasteiger partial charge in [0.25, 0.3) is 10.0 Å². The van der Waals surface area contributed by atoms with Crippen molar-refractivity contribution in [1.82, 2.24) is 0 Å². The molecule has 1 N–H and O–H groups in total. The average Bonchev–Trinajstić information content (AvgIpc) is 2.76. The van der Waals surface area contributed by atoms with Gasteiger partial charge in [-0.2, -0.15) is 5.26 Å². The van der Waals surface area contributed by atoms with Crippen molar-refractivity contribution in [3.05, 3.63) is 90.3 Å².